The van der Waals surface area contributed by atoms with Gasteiger partial charge in [0.2, 0.25) is 0 Å². The maximum atomic E-state index is 12.7. The number of halogens is 1. The number of sulfone groups is 1. The van der Waals surface area contributed by atoms with Crippen LogP contribution in [0.15, 0.2) is 72.9 Å². The Labute approximate surface area is 211 Å². The van der Waals surface area contributed by atoms with Gasteiger partial charge in [-0.2, -0.15) is 0 Å². The number of benzene rings is 2. The van der Waals surface area contributed by atoms with Crippen molar-refractivity contribution in [3.63, 3.8) is 0 Å². The molecule has 6 rings (SSSR count). The third-order valence-electron chi connectivity index (χ3n) is 7.30. The highest BCUT2D eigenvalue weighted by Crippen LogP contribution is 2.35. The zero-order chi connectivity index (χ0) is 24.0. The summed E-state index contributed by atoms with van der Waals surface area (Å²) in [6, 6.07) is 22.4. The molecule has 0 unspecified atom stereocenters. The Hall–Kier alpha value is -2.67. The average Bonchev–Trinajstić information content (AvgIpc) is 3.69. The molecule has 0 spiro atoms. The third-order valence-corrected chi connectivity index (χ3v) is 10.4. The number of fused-ring (bicyclic) bond motifs is 1. The Kier molecular flexibility index (Phi) is 5.91. The smallest absolute Gasteiger partial charge is 0.156 e. The van der Waals surface area contributed by atoms with Crippen LogP contribution in [0.2, 0.25) is 5.02 Å². The molecule has 2 fully saturated rings. The maximum absolute atomic E-state index is 12.7. The normalized spacial score (nSPS) is 17.7. The van der Waals surface area contributed by atoms with Crippen LogP contribution in [0, 0.1) is 0 Å². The van der Waals surface area contributed by atoms with Crippen molar-refractivity contribution in [3.8, 4) is 22.4 Å². The molecular weight excluding hydrogens is 478 g/mol. The lowest BCUT2D eigenvalue weighted by Gasteiger charge is -2.31. The highest BCUT2D eigenvalue weighted by Gasteiger charge is 2.42. The zero-order valence-electron chi connectivity index (χ0n) is 19.5. The van der Waals surface area contributed by atoms with E-state index in [-0.39, 0.29) is 10.5 Å². The van der Waals surface area contributed by atoms with Crippen molar-refractivity contribution in [2.75, 3.05) is 13.1 Å². The topological polar surface area (TPSA) is 54.7 Å². The Morgan fingerprint density at radius 1 is 0.800 bits per heavy atom. The Balaban J connectivity index is 1.34. The number of pyridine rings is 1. The van der Waals surface area contributed by atoms with Crippen LogP contribution in [-0.4, -0.2) is 46.3 Å². The van der Waals surface area contributed by atoms with E-state index in [4.69, 9.17) is 16.6 Å². The van der Waals surface area contributed by atoms with E-state index in [0.29, 0.717) is 24.4 Å². The highest BCUT2D eigenvalue weighted by atomic mass is 35.5. The second-order valence-electron chi connectivity index (χ2n) is 9.69. The van der Waals surface area contributed by atoms with E-state index in [0.717, 1.165) is 59.7 Å². The molecule has 0 atom stereocenters. The van der Waals surface area contributed by atoms with Crippen LogP contribution in [0.3, 0.4) is 0 Å². The molecule has 1 saturated carbocycles. The lowest BCUT2D eigenvalue weighted by atomic mass is 10.1. The van der Waals surface area contributed by atoms with Gasteiger partial charge in [-0.05, 0) is 74.2 Å². The largest absolute Gasteiger partial charge is 0.301 e. The predicted molar refractivity (Wildman–Crippen MR) is 141 cm³/mol. The summed E-state index contributed by atoms with van der Waals surface area (Å²) in [5, 5.41) is 0.434. The molecule has 180 valence electrons. The zero-order valence-corrected chi connectivity index (χ0v) is 21.0. The van der Waals surface area contributed by atoms with Crippen LogP contribution in [0.25, 0.3) is 28.0 Å². The summed E-state index contributed by atoms with van der Waals surface area (Å²) in [6.07, 6.45) is 5.27. The van der Waals surface area contributed by atoms with Crippen molar-refractivity contribution in [2.45, 2.75) is 42.7 Å². The van der Waals surface area contributed by atoms with E-state index >= 15 is 0 Å². The van der Waals surface area contributed by atoms with Crippen molar-refractivity contribution in [3.05, 3.63) is 83.6 Å². The third kappa shape index (κ3) is 4.51. The maximum Gasteiger partial charge on any atom is 0.156 e. The molecule has 2 aliphatic rings. The van der Waals surface area contributed by atoms with Gasteiger partial charge in [-0.3, -0.25) is 4.90 Å². The van der Waals surface area contributed by atoms with Crippen LogP contribution >= 0.6 is 11.6 Å². The molecule has 4 aromatic rings. The molecule has 1 aliphatic carbocycles. The molecule has 35 heavy (non-hydrogen) atoms. The van der Waals surface area contributed by atoms with Crippen molar-refractivity contribution < 1.29 is 8.42 Å². The van der Waals surface area contributed by atoms with E-state index in [1.54, 1.807) is 0 Å². The lowest BCUT2D eigenvalue weighted by Crippen LogP contribution is -2.40. The van der Waals surface area contributed by atoms with Crippen molar-refractivity contribution in [1.82, 2.24) is 14.3 Å². The quantitative estimate of drug-likeness (QED) is 0.329. The molecule has 0 N–H and O–H groups in total. The minimum absolute atomic E-state index is 0.0780. The Morgan fingerprint density at radius 2 is 1.46 bits per heavy atom. The second-order valence-corrected chi connectivity index (χ2v) is 12.6. The van der Waals surface area contributed by atoms with E-state index in [9.17, 15) is 8.42 Å². The summed E-state index contributed by atoms with van der Waals surface area (Å²) in [5.41, 5.74) is 6.28. The van der Waals surface area contributed by atoms with Gasteiger partial charge in [0.1, 0.15) is 5.65 Å². The molecule has 7 heteroatoms. The van der Waals surface area contributed by atoms with Gasteiger partial charge < -0.3 is 4.40 Å². The molecule has 1 saturated heterocycles. The van der Waals surface area contributed by atoms with Crippen molar-refractivity contribution >= 4 is 27.1 Å². The number of nitrogens with zero attached hydrogens (tertiary/aromatic N) is 3. The van der Waals surface area contributed by atoms with Crippen molar-refractivity contribution in [2.24, 2.45) is 0 Å². The molecule has 0 amide bonds. The van der Waals surface area contributed by atoms with Gasteiger partial charge in [-0.25, -0.2) is 13.4 Å². The standard InChI is InChI=1S/C28H28ClN3O2S/c29-23-9-6-21(7-10-23)28-26(19-31-16-14-25(15-17-31)35(33,34)24-11-12-24)32-18-22(8-13-27(32)30-28)20-4-2-1-3-5-20/h1-10,13,18,24-25H,11-12,14-17,19H2. The van der Waals surface area contributed by atoms with Crippen LogP contribution in [0.4, 0.5) is 0 Å². The summed E-state index contributed by atoms with van der Waals surface area (Å²) in [6.45, 7) is 2.28. The molecule has 2 aromatic heterocycles. The first-order valence-corrected chi connectivity index (χ1v) is 14.3. The number of rotatable bonds is 6. The fourth-order valence-corrected chi connectivity index (χ4v) is 7.49. The van der Waals surface area contributed by atoms with Gasteiger partial charge in [-0.1, -0.05) is 54.1 Å². The first kappa shape index (κ1) is 22.8. The summed E-state index contributed by atoms with van der Waals surface area (Å²) in [4.78, 5) is 7.37. The fraction of sp³-hybridized carbons (Fsp3) is 0.321. The average molecular weight is 506 g/mol. The van der Waals surface area contributed by atoms with Gasteiger partial charge in [0.05, 0.1) is 21.9 Å². The minimum atomic E-state index is -2.96. The molecule has 5 nitrogen and oxygen atoms in total. The summed E-state index contributed by atoms with van der Waals surface area (Å²) in [5.74, 6) is 0. The number of aromatic nitrogens is 2. The predicted octanol–water partition coefficient (Wildman–Crippen LogP) is 5.86. The van der Waals surface area contributed by atoms with Crippen molar-refractivity contribution in [1.29, 1.82) is 0 Å². The highest BCUT2D eigenvalue weighted by molar-refractivity contribution is 7.92. The first-order valence-electron chi connectivity index (χ1n) is 12.3. The monoisotopic (exact) mass is 505 g/mol. The molecule has 2 aromatic carbocycles. The SMILES string of the molecule is O=S(=O)(C1CC1)C1CCN(Cc2c(-c3ccc(Cl)cc3)nc3ccc(-c4ccccc4)cn23)CC1. The van der Waals surface area contributed by atoms with Gasteiger partial charge in [0.15, 0.2) is 9.84 Å². The van der Waals surface area contributed by atoms with Crippen LogP contribution < -0.4 is 0 Å². The van der Waals surface area contributed by atoms with E-state index in [1.807, 2.05) is 42.5 Å². The molecular formula is C28H28ClN3O2S. The fourth-order valence-electron chi connectivity index (χ4n) is 5.16. The van der Waals surface area contributed by atoms with Gasteiger partial charge in [0.25, 0.3) is 0 Å². The van der Waals surface area contributed by atoms with Crippen LogP contribution in [0.1, 0.15) is 31.4 Å². The number of hydrogen-bond acceptors (Lipinski definition) is 4. The number of likely N-dealkylation sites (tertiary alicyclic amines) is 1. The van der Waals surface area contributed by atoms with E-state index in [1.165, 1.54) is 0 Å². The summed E-state index contributed by atoms with van der Waals surface area (Å²) >= 11 is 6.16. The van der Waals surface area contributed by atoms with Crippen LogP contribution in [-0.2, 0) is 16.4 Å². The van der Waals surface area contributed by atoms with E-state index in [2.05, 4.69) is 39.8 Å². The Morgan fingerprint density at radius 3 is 2.14 bits per heavy atom. The van der Waals surface area contributed by atoms with Gasteiger partial charge in [0, 0.05) is 23.3 Å². The summed E-state index contributed by atoms with van der Waals surface area (Å²) in [7, 11) is -2.96. The van der Waals surface area contributed by atoms with E-state index < -0.39 is 9.84 Å². The number of hydrogen-bond donors (Lipinski definition) is 0. The Bertz CT molecular complexity index is 1450. The number of piperidine rings is 1. The molecule has 3 heterocycles. The number of imidazole rings is 1. The van der Waals surface area contributed by atoms with Gasteiger partial charge >= 0.3 is 0 Å². The first-order chi connectivity index (χ1) is 17.0. The molecule has 1 aliphatic heterocycles. The lowest BCUT2D eigenvalue weighted by molar-refractivity contribution is 0.219. The summed E-state index contributed by atoms with van der Waals surface area (Å²) < 4.78 is 27.7. The van der Waals surface area contributed by atoms with Gasteiger partial charge in [-0.15, -0.1) is 0 Å². The van der Waals surface area contributed by atoms with Crippen LogP contribution in [0.5, 0.6) is 0 Å². The minimum Gasteiger partial charge on any atom is -0.301 e. The molecule has 0 radical (unpaired) electrons. The molecule has 0 bridgehead atoms. The second kappa shape index (κ2) is 9.08.